The summed E-state index contributed by atoms with van der Waals surface area (Å²) < 4.78 is 34.5. The molecule has 0 saturated carbocycles. The molecule has 1 fully saturated rings. The van der Waals surface area contributed by atoms with E-state index in [1.807, 2.05) is 7.05 Å². The van der Waals surface area contributed by atoms with Crippen molar-refractivity contribution in [1.29, 1.82) is 0 Å². The number of pyridine rings is 1. The normalized spacial score (nSPS) is 18.0. The van der Waals surface area contributed by atoms with Crippen LogP contribution in [0.4, 0.5) is 5.69 Å². The standard InChI is InChI=1S/C15H26N4O3S/c1-15(2,3)12-10-13(14(22-5)16-11-12)17-23(20,21)19-8-6-18(4)7-9-19/h10-11,17H,6-9H2,1-5H3. The lowest BCUT2D eigenvalue weighted by Crippen LogP contribution is -2.48. The third-order valence-electron chi connectivity index (χ3n) is 3.95. The highest BCUT2D eigenvalue weighted by atomic mass is 32.2. The van der Waals surface area contributed by atoms with Gasteiger partial charge in [0.2, 0.25) is 5.88 Å². The second-order valence-corrected chi connectivity index (χ2v) is 8.51. The Morgan fingerprint density at radius 3 is 2.35 bits per heavy atom. The zero-order chi connectivity index (χ0) is 17.3. The molecule has 7 nitrogen and oxygen atoms in total. The molecular formula is C15H26N4O3S. The maximum atomic E-state index is 12.6. The van der Waals surface area contributed by atoms with E-state index in [1.54, 1.807) is 12.3 Å². The second kappa shape index (κ2) is 6.62. The quantitative estimate of drug-likeness (QED) is 0.892. The second-order valence-electron chi connectivity index (χ2n) is 6.84. The first-order valence-electron chi connectivity index (χ1n) is 7.64. The van der Waals surface area contributed by atoms with Crippen LogP contribution >= 0.6 is 0 Å². The monoisotopic (exact) mass is 342 g/mol. The molecule has 1 aromatic heterocycles. The van der Waals surface area contributed by atoms with E-state index in [-0.39, 0.29) is 11.3 Å². The molecule has 1 saturated heterocycles. The van der Waals surface area contributed by atoms with Crippen molar-refractivity contribution < 1.29 is 13.2 Å². The summed E-state index contributed by atoms with van der Waals surface area (Å²) in [6.45, 7) is 8.54. The average molecular weight is 342 g/mol. The highest BCUT2D eigenvalue weighted by molar-refractivity contribution is 7.90. The summed E-state index contributed by atoms with van der Waals surface area (Å²) in [5.74, 6) is 0.274. The molecule has 130 valence electrons. The fourth-order valence-corrected chi connectivity index (χ4v) is 3.53. The van der Waals surface area contributed by atoms with Crippen molar-refractivity contribution in [3.63, 3.8) is 0 Å². The summed E-state index contributed by atoms with van der Waals surface area (Å²) in [6.07, 6.45) is 1.71. The molecule has 1 aliphatic rings. The van der Waals surface area contributed by atoms with Crippen LogP contribution in [-0.2, 0) is 15.6 Å². The van der Waals surface area contributed by atoms with Gasteiger partial charge >= 0.3 is 10.2 Å². The number of ether oxygens (including phenoxy) is 1. The topological polar surface area (TPSA) is 74.8 Å². The molecule has 0 aromatic carbocycles. The van der Waals surface area contributed by atoms with E-state index in [4.69, 9.17) is 4.74 Å². The molecule has 0 atom stereocenters. The van der Waals surface area contributed by atoms with Crippen LogP contribution in [0.15, 0.2) is 12.3 Å². The average Bonchev–Trinajstić information content (AvgIpc) is 2.46. The zero-order valence-electron chi connectivity index (χ0n) is 14.5. The lowest BCUT2D eigenvalue weighted by molar-refractivity contribution is 0.223. The maximum absolute atomic E-state index is 12.6. The van der Waals surface area contributed by atoms with Gasteiger partial charge < -0.3 is 9.64 Å². The Bertz CT molecular complexity index is 647. The molecule has 2 rings (SSSR count). The Morgan fingerprint density at radius 2 is 1.83 bits per heavy atom. The highest BCUT2D eigenvalue weighted by Gasteiger charge is 2.27. The van der Waals surface area contributed by atoms with E-state index in [2.05, 4.69) is 35.4 Å². The minimum absolute atomic E-state index is 0.132. The molecule has 1 N–H and O–H groups in total. The molecule has 0 bridgehead atoms. The number of anilines is 1. The Hall–Kier alpha value is -1.38. The van der Waals surface area contributed by atoms with E-state index >= 15 is 0 Å². The first-order valence-corrected chi connectivity index (χ1v) is 9.08. The van der Waals surface area contributed by atoms with Crippen molar-refractivity contribution in [2.24, 2.45) is 0 Å². The third kappa shape index (κ3) is 4.33. The van der Waals surface area contributed by atoms with Crippen LogP contribution in [-0.4, -0.2) is 62.9 Å². The molecule has 8 heteroatoms. The number of methoxy groups -OCH3 is 1. The molecule has 0 aliphatic carbocycles. The van der Waals surface area contributed by atoms with Crippen molar-refractivity contribution in [3.8, 4) is 5.88 Å². The van der Waals surface area contributed by atoms with E-state index in [9.17, 15) is 8.42 Å². The van der Waals surface area contributed by atoms with Crippen LogP contribution in [0.5, 0.6) is 5.88 Å². The number of nitrogens with zero attached hydrogens (tertiary/aromatic N) is 3. The molecule has 0 radical (unpaired) electrons. The molecule has 1 aliphatic heterocycles. The van der Waals surface area contributed by atoms with Gasteiger partial charge in [-0.2, -0.15) is 12.7 Å². The van der Waals surface area contributed by atoms with Crippen LogP contribution in [0, 0.1) is 0 Å². The van der Waals surface area contributed by atoms with Crippen LogP contribution < -0.4 is 9.46 Å². The first kappa shape index (κ1) is 18.0. The lowest BCUT2D eigenvalue weighted by Gasteiger charge is -2.31. The van der Waals surface area contributed by atoms with Crippen molar-refractivity contribution >= 4 is 15.9 Å². The van der Waals surface area contributed by atoms with Crippen molar-refractivity contribution in [1.82, 2.24) is 14.2 Å². The predicted octanol–water partition coefficient (Wildman–Crippen LogP) is 1.29. The number of piperazine rings is 1. The van der Waals surface area contributed by atoms with Gasteiger partial charge in [-0.05, 0) is 24.1 Å². The van der Waals surface area contributed by atoms with Gasteiger partial charge in [-0.3, -0.25) is 4.72 Å². The van der Waals surface area contributed by atoms with Crippen LogP contribution in [0.2, 0.25) is 0 Å². The first-order chi connectivity index (χ1) is 10.6. The van der Waals surface area contributed by atoms with Crippen LogP contribution in [0.3, 0.4) is 0 Å². The minimum atomic E-state index is -3.62. The molecule has 23 heavy (non-hydrogen) atoms. The van der Waals surface area contributed by atoms with Gasteiger partial charge in [0.25, 0.3) is 0 Å². The SMILES string of the molecule is COc1ncc(C(C)(C)C)cc1NS(=O)(=O)N1CCN(C)CC1. The maximum Gasteiger partial charge on any atom is 0.301 e. The van der Waals surface area contributed by atoms with Gasteiger partial charge in [0.1, 0.15) is 5.69 Å². The lowest BCUT2D eigenvalue weighted by atomic mass is 9.88. The Balaban J connectivity index is 2.27. The molecule has 0 amide bonds. The molecular weight excluding hydrogens is 316 g/mol. The highest BCUT2D eigenvalue weighted by Crippen LogP contribution is 2.30. The van der Waals surface area contributed by atoms with Gasteiger partial charge in [-0.15, -0.1) is 0 Å². The molecule has 2 heterocycles. The Morgan fingerprint density at radius 1 is 1.22 bits per heavy atom. The fourth-order valence-electron chi connectivity index (χ4n) is 2.33. The van der Waals surface area contributed by atoms with E-state index in [1.165, 1.54) is 11.4 Å². The smallest absolute Gasteiger partial charge is 0.301 e. The summed E-state index contributed by atoms with van der Waals surface area (Å²) in [7, 11) is -0.156. The fraction of sp³-hybridized carbons (Fsp3) is 0.667. The number of hydrogen-bond acceptors (Lipinski definition) is 5. The number of hydrogen-bond donors (Lipinski definition) is 1. The van der Waals surface area contributed by atoms with E-state index < -0.39 is 10.2 Å². The van der Waals surface area contributed by atoms with Crippen LogP contribution in [0.1, 0.15) is 26.3 Å². The Labute approximate surface area is 138 Å². The van der Waals surface area contributed by atoms with E-state index in [0.29, 0.717) is 18.8 Å². The Kier molecular flexibility index (Phi) is 5.17. The van der Waals surface area contributed by atoms with Crippen molar-refractivity contribution in [2.45, 2.75) is 26.2 Å². The predicted molar refractivity (Wildman–Crippen MR) is 91.1 cm³/mol. The van der Waals surface area contributed by atoms with Gasteiger partial charge in [0.05, 0.1) is 7.11 Å². The van der Waals surface area contributed by atoms with Crippen molar-refractivity contribution in [2.75, 3.05) is 45.1 Å². The van der Waals surface area contributed by atoms with Gasteiger partial charge in [-0.25, -0.2) is 4.98 Å². The minimum Gasteiger partial charge on any atom is -0.479 e. The molecule has 1 aromatic rings. The number of aromatic nitrogens is 1. The number of rotatable bonds is 4. The zero-order valence-corrected chi connectivity index (χ0v) is 15.3. The summed E-state index contributed by atoms with van der Waals surface area (Å²) in [6, 6.07) is 1.79. The van der Waals surface area contributed by atoms with Gasteiger partial charge in [0, 0.05) is 32.4 Å². The number of nitrogens with one attached hydrogen (secondary N) is 1. The van der Waals surface area contributed by atoms with Crippen LogP contribution in [0.25, 0.3) is 0 Å². The van der Waals surface area contributed by atoms with Crippen molar-refractivity contribution in [3.05, 3.63) is 17.8 Å². The van der Waals surface area contributed by atoms with Gasteiger partial charge in [0.15, 0.2) is 0 Å². The molecule has 0 spiro atoms. The summed E-state index contributed by atoms with van der Waals surface area (Å²) in [5.41, 5.74) is 1.18. The van der Waals surface area contributed by atoms with E-state index in [0.717, 1.165) is 18.7 Å². The largest absolute Gasteiger partial charge is 0.479 e. The summed E-state index contributed by atoms with van der Waals surface area (Å²) in [4.78, 5) is 6.33. The third-order valence-corrected chi connectivity index (χ3v) is 5.47. The van der Waals surface area contributed by atoms with Gasteiger partial charge in [-0.1, -0.05) is 20.8 Å². The molecule has 0 unspecified atom stereocenters. The summed E-state index contributed by atoms with van der Waals surface area (Å²) in [5, 5.41) is 0. The summed E-state index contributed by atoms with van der Waals surface area (Å²) >= 11 is 0. The number of likely N-dealkylation sites (N-methyl/N-ethyl adjacent to an activating group) is 1.